The summed E-state index contributed by atoms with van der Waals surface area (Å²) >= 11 is 0. The lowest BCUT2D eigenvalue weighted by Gasteiger charge is -2.29. The van der Waals surface area contributed by atoms with E-state index in [2.05, 4.69) is 0 Å². The van der Waals surface area contributed by atoms with Crippen LogP contribution in [-0.2, 0) is 18.4 Å². The van der Waals surface area contributed by atoms with E-state index in [1.54, 1.807) is 36.4 Å². The van der Waals surface area contributed by atoms with Crippen molar-refractivity contribution < 1.29 is 18.4 Å². The molecule has 0 aliphatic carbocycles. The van der Waals surface area contributed by atoms with Crippen LogP contribution in [0.2, 0.25) is 0 Å². The lowest BCUT2D eigenvalue weighted by Crippen LogP contribution is -2.38. The molecule has 3 aromatic rings. The maximum Gasteiger partial charge on any atom is 0.543 e. The van der Waals surface area contributed by atoms with Crippen molar-refractivity contribution in [1.82, 2.24) is 0 Å². The van der Waals surface area contributed by atoms with Gasteiger partial charge >= 0.3 is 7.82 Å². The average Bonchev–Trinajstić information content (AvgIpc) is 2.90. The van der Waals surface area contributed by atoms with Crippen LogP contribution in [-0.4, -0.2) is 0 Å². The van der Waals surface area contributed by atoms with Crippen LogP contribution >= 0.6 is 7.82 Å². The molecule has 38 heavy (non-hydrogen) atoms. The van der Waals surface area contributed by atoms with Crippen LogP contribution in [0.25, 0.3) is 18.2 Å². The molecule has 0 bridgehead atoms. The zero-order chi connectivity index (χ0) is 27.5. The van der Waals surface area contributed by atoms with Crippen LogP contribution in [0.3, 0.4) is 0 Å². The predicted molar refractivity (Wildman–Crippen MR) is 154 cm³/mol. The molecule has 10 nitrogen and oxygen atoms in total. The molecule has 0 heterocycles. The number of benzene rings is 3. The quantitative estimate of drug-likeness (QED) is 0.141. The Kier molecular flexibility index (Phi) is 10.4. The fourth-order valence-corrected chi connectivity index (χ4v) is 4.30. The molecule has 0 aliphatic rings. The van der Waals surface area contributed by atoms with Crippen molar-refractivity contribution in [2.75, 3.05) is 15.5 Å². The molecule has 0 aliphatic heterocycles. The van der Waals surface area contributed by atoms with Crippen molar-refractivity contribution in [1.29, 1.82) is 0 Å². The lowest BCUT2D eigenvalue weighted by atomic mass is 10.2. The third-order valence-electron chi connectivity index (χ3n) is 5.08. The van der Waals surface area contributed by atoms with E-state index in [0.717, 1.165) is 32.2 Å². The highest BCUT2D eigenvalue weighted by Gasteiger charge is 2.37. The summed E-state index contributed by atoms with van der Waals surface area (Å²) in [6, 6.07) is 21.0. The first-order valence-electron chi connectivity index (χ1n) is 11.8. The highest BCUT2D eigenvalue weighted by Crippen LogP contribution is 2.52. The Morgan fingerprint density at radius 3 is 0.974 bits per heavy atom. The van der Waals surface area contributed by atoms with Crippen molar-refractivity contribution in [3.63, 3.8) is 0 Å². The van der Waals surface area contributed by atoms with Gasteiger partial charge in [0, 0.05) is 0 Å². The molecule has 0 radical (unpaired) electrons. The van der Waals surface area contributed by atoms with E-state index in [-0.39, 0.29) is 0 Å². The number of rotatable bonds is 12. The minimum absolute atomic E-state index is 0.379. The van der Waals surface area contributed by atoms with Crippen molar-refractivity contribution >= 4 is 43.1 Å². The van der Waals surface area contributed by atoms with Crippen LogP contribution in [0.15, 0.2) is 91.0 Å². The zero-order valence-electron chi connectivity index (χ0n) is 21.5. The SMILES string of the molecule is C/C=C/c1ccc(N(N)OP(=O)(ON(N)c2ccc(/C=C/C)cc2)ON(N)c2ccc(/C=C/C)cc2)cc1. The Morgan fingerprint density at radius 1 is 0.526 bits per heavy atom. The smallest absolute Gasteiger partial charge is 0.222 e. The first-order valence-corrected chi connectivity index (χ1v) is 13.2. The first-order chi connectivity index (χ1) is 18.3. The summed E-state index contributed by atoms with van der Waals surface area (Å²) in [5.74, 6) is 18.2. The number of nitrogens with zero attached hydrogens (tertiary/aromatic N) is 3. The average molecular weight is 537 g/mol. The molecule has 11 heteroatoms. The third kappa shape index (κ3) is 8.14. The van der Waals surface area contributed by atoms with Crippen LogP contribution in [0.1, 0.15) is 37.5 Å². The second kappa shape index (κ2) is 13.7. The van der Waals surface area contributed by atoms with Crippen molar-refractivity contribution in [2.24, 2.45) is 17.5 Å². The van der Waals surface area contributed by atoms with Gasteiger partial charge in [-0.2, -0.15) is 15.5 Å². The van der Waals surface area contributed by atoms with Gasteiger partial charge in [-0.25, -0.2) is 22.1 Å². The van der Waals surface area contributed by atoms with E-state index in [9.17, 15) is 4.57 Å². The molecule has 0 amide bonds. The topological polar surface area (TPSA) is 133 Å². The number of hydrazine groups is 3. The van der Waals surface area contributed by atoms with Crippen LogP contribution in [0, 0.1) is 0 Å². The number of anilines is 3. The van der Waals surface area contributed by atoms with Gasteiger partial charge in [0.25, 0.3) is 0 Å². The number of phosphoric acid groups is 1. The summed E-state index contributed by atoms with van der Waals surface area (Å²) in [6.45, 7) is 5.74. The second-order valence-electron chi connectivity index (χ2n) is 7.94. The molecule has 0 saturated carbocycles. The fraction of sp³-hybridized carbons (Fsp3) is 0.111. The summed E-state index contributed by atoms with van der Waals surface area (Å²) in [7, 11) is -4.60. The van der Waals surface area contributed by atoms with E-state index >= 15 is 0 Å². The molecule has 0 atom stereocenters. The number of nitrogens with two attached hydrogens (primary N) is 3. The van der Waals surface area contributed by atoms with Gasteiger partial charge < -0.3 is 0 Å². The first kappa shape index (κ1) is 28.8. The fourth-order valence-electron chi connectivity index (χ4n) is 3.28. The molecule has 0 spiro atoms. The van der Waals surface area contributed by atoms with Gasteiger partial charge in [0.2, 0.25) is 0 Å². The Balaban J connectivity index is 1.84. The Bertz CT molecular complexity index is 1130. The molecular weight excluding hydrogens is 503 g/mol. The van der Waals surface area contributed by atoms with Crippen molar-refractivity contribution in [3.8, 4) is 0 Å². The van der Waals surface area contributed by atoms with Crippen LogP contribution < -0.4 is 33.0 Å². The Morgan fingerprint density at radius 2 is 0.763 bits per heavy atom. The Labute approximate surface area is 223 Å². The second-order valence-corrected chi connectivity index (χ2v) is 9.33. The lowest BCUT2D eigenvalue weighted by molar-refractivity contribution is 0.0860. The molecule has 3 aromatic carbocycles. The molecule has 0 unspecified atom stereocenters. The number of allylic oxidation sites excluding steroid dienone is 3. The van der Waals surface area contributed by atoms with E-state index in [4.69, 9.17) is 31.4 Å². The summed E-state index contributed by atoms with van der Waals surface area (Å²) < 4.78 is 30.2. The Hall–Kier alpha value is -3.73. The molecule has 3 rings (SSSR count). The molecule has 0 saturated heterocycles. The summed E-state index contributed by atoms with van der Waals surface area (Å²) in [5, 5.41) is 2.31. The van der Waals surface area contributed by atoms with Gasteiger partial charge in [0.05, 0.1) is 17.1 Å². The zero-order valence-corrected chi connectivity index (χ0v) is 22.4. The summed E-state index contributed by atoms with van der Waals surface area (Å²) in [5.41, 5.74) is 3.98. The van der Waals surface area contributed by atoms with Crippen LogP contribution in [0.4, 0.5) is 17.1 Å². The standard InChI is InChI=1S/C27H33N6O4P/c1-4-7-22-10-16-25(17-11-22)31(28)35-38(34,36-32(29)26-18-12-23(8-5-2)13-19-26)37-33(30)27-20-14-24(9-6-3)15-21-27/h4-21H,28-30H2,1-3H3/b7-4+,8-5+,9-6+. The minimum atomic E-state index is -4.60. The largest absolute Gasteiger partial charge is 0.543 e. The summed E-state index contributed by atoms with van der Waals surface area (Å²) in [6.07, 6.45) is 11.5. The van der Waals surface area contributed by atoms with E-state index in [1.807, 2.05) is 93.6 Å². The maximum absolute atomic E-state index is 13.8. The molecule has 0 fully saturated rings. The van der Waals surface area contributed by atoms with Crippen molar-refractivity contribution in [2.45, 2.75) is 20.8 Å². The molecular formula is C27H33N6O4P. The van der Waals surface area contributed by atoms with Gasteiger partial charge in [0.1, 0.15) is 0 Å². The van der Waals surface area contributed by atoms with Crippen LogP contribution in [0.5, 0.6) is 0 Å². The van der Waals surface area contributed by atoms with Crippen molar-refractivity contribution in [3.05, 3.63) is 108 Å². The highest BCUT2D eigenvalue weighted by molar-refractivity contribution is 7.48. The monoisotopic (exact) mass is 536 g/mol. The highest BCUT2D eigenvalue weighted by atomic mass is 31.2. The van der Waals surface area contributed by atoms with Gasteiger partial charge in [-0.1, -0.05) is 72.9 Å². The maximum atomic E-state index is 13.8. The van der Waals surface area contributed by atoms with Gasteiger partial charge in [0.15, 0.2) is 0 Å². The number of hydrogen-bond donors (Lipinski definition) is 3. The molecule has 200 valence electrons. The van der Waals surface area contributed by atoms with E-state index in [0.29, 0.717) is 17.1 Å². The van der Waals surface area contributed by atoms with Gasteiger partial charge in [-0.05, 0) is 73.9 Å². The third-order valence-corrected chi connectivity index (χ3v) is 6.21. The number of hydrogen-bond acceptors (Lipinski definition) is 10. The normalized spacial score (nSPS) is 12.1. The minimum Gasteiger partial charge on any atom is -0.222 e. The van der Waals surface area contributed by atoms with E-state index < -0.39 is 7.82 Å². The molecule has 0 aromatic heterocycles. The van der Waals surface area contributed by atoms with Gasteiger partial charge in [-0.15, -0.1) is 13.9 Å². The molecule has 6 N–H and O–H groups in total. The van der Waals surface area contributed by atoms with Gasteiger partial charge in [-0.3, -0.25) is 0 Å². The predicted octanol–water partition coefficient (Wildman–Crippen LogP) is 6.13. The summed E-state index contributed by atoms with van der Waals surface area (Å²) in [4.78, 5) is 0. The van der Waals surface area contributed by atoms with E-state index in [1.165, 1.54) is 0 Å².